The van der Waals surface area contributed by atoms with Gasteiger partial charge < -0.3 is 5.11 Å². The van der Waals surface area contributed by atoms with Gasteiger partial charge in [-0.2, -0.15) is 5.10 Å². The van der Waals surface area contributed by atoms with Gasteiger partial charge in [0.15, 0.2) is 4.77 Å². The summed E-state index contributed by atoms with van der Waals surface area (Å²) in [6.45, 7) is 2.10. The minimum Gasteiger partial charge on any atom is -0.494 e. The number of unbranched alkanes of at least 4 members (excludes halogenated alkanes) is 3. The van der Waals surface area contributed by atoms with Crippen LogP contribution in [-0.4, -0.2) is 26.8 Å². The second-order valence-corrected chi connectivity index (χ2v) is 6.16. The van der Waals surface area contributed by atoms with Crippen LogP contribution in [0.25, 0.3) is 5.69 Å². The van der Waals surface area contributed by atoms with E-state index in [0.717, 1.165) is 31.9 Å². The maximum Gasteiger partial charge on any atom is 0.264 e. The summed E-state index contributed by atoms with van der Waals surface area (Å²) < 4.78 is 1.39. The first kappa shape index (κ1) is 19.6. The Hall–Kier alpha value is -2.74. The SMILES string of the molecule is CCCCCCC(=O)N/N=C/c1c(O)n(-c2ccccc2)c(=S)[nH]c1=O. The van der Waals surface area contributed by atoms with Crippen molar-refractivity contribution in [3.05, 3.63) is 51.0 Å². The largest absolute Gasteiger partial charge is 0.494 e. The van der Waals surface area contributed by atoms with Crippen LogP contribution in [0.4, 0.5) is 0 Å². The predicted molar refractivity (Wildman–Crippen MR) is 103 cm³/mol. The van der Waals surface area contributed by atoms with E-state index in [9.17, 15) is 14.7 Å². The van der Waals surface area contributed by atoms with E-state index < -0.39 is 5.56 Å². The Bertz CT molecular complexity index is 888. The molecule has 0 radical (unpaired) electrons. The highest BCUT2D eigenvalue weighted by molar-refractivity contribution is 7.71. The summed E-state index contributed by atoms with van der Waals surface area (Å²) in [6.07, 6.45) is 5.46. The Balaban J connectivity index is 2.16. The van der Waals surface area contributed by atoms with Gasteiger partial charge in [-0.1, -0.05) is 44.4 Å². The molecule has 7 nitrogen and oxygen atoms in total. The summed E-state index contributed by atoms with van der Waals surface area (Å²) in [5, 5.41) is 14.2. The molecule has 1 heterocycles. The van der Waals surface area contributed by atoms with Crippen LogP contribution in [0.3, 0.4) is 0 Å². The molecule has 0 bridgehead atoms. The highest BCUT2D eigenvalue weighted by atomic mass is 32.1. The zero-order valence-corrected chi connectivity index (χ0v) is 15.4. The van der Waals surface area contributed by atoms with Gasteiger partial charge in [-0.05, 0) is 30.8 Å². The van der Waals surface area contributed by atoms with Crippen LogP contribution in [0.15, 0.2) is 40.2 Å². The van der Waals surface area contributed by atoms with Crippen LogP contribution in [-0.2, 0) is 4.79 Å². The molecule has 0 aliphatic rings. The lowest BCUT2D eigenvalue weighted by Crippen LogP contribution is -2.21. The summed E-state index contributed by atoms with van der Waals surface area (Å²) in [5.41, 5.74) is 2.29. The number of amides is 1. The molecule has 0 fully saturated rings. The summed E-state index contributed by atoms with van der Waals surface area (Å²) in [5.74, 6) is -0.574. The number of hydrazone groups is 1. The molecule has 138 valence electrons. The number of nitrogens with one attached hydrogen (secondary N) is 2. The average molecular weight is 374 g/mol. The third-order valence-electron chi connectivity index (χ3n) is 3.78. The molecule has 1 aromatic heterocycles. The molecule has 0 aliphatic heterocycles. The minimum atomic E-state index is -0.583. The van der Waals surface area contributed by atoms with Crippen molar-refractivity contribution in [2.45, 2.75) is 39.0 Å². The van der Waals surface area contributed by atoms with Gasteiger partial charge in [-0.25, -0.2) is 5.43 Å². The van der Waals surface area contributed by atoms with E-state index in [1.807, 2.05) is 6.07 Å². The van der Waals surface area contributed by atoms with Gasteiger partial charge in [-0.3, -0.25) is 19.1 Å². The van der Waals surface area contributed by atoms with Gasteiger partial charge in [0.1, 0.15) is 5.56 Å². The number of aromatic amines is 1. The zero-order valence-electron chi connectivity index (χ0n) is 14.6. The zero-order chi connectivity index (χ0) is 18.9. The number of carbonyl (C=O) groups is 1. The number of aromatic nitrogens is 2. The lowest BCUT2D eigenvalue weighted by Gasteiger charge is -2.10. The number of hydrogen-bond donors (Lipinski definition) is 3. The average Bonchev–Trinajstić information content (AvgIpc) is 2.62. The van der Waals surface area contributed by atoms with Gasteiger partial charge in [0.25, 0.3) is 5.56 Å². The summed E-state index contributed by atoms with van der Waals surface area (Å²) in [7, 11) is 0. The smallest absolute Gasteiger partial charge is 0.264 e. The predicted octanol–water partition coefficient (Wildman–Crippen LogP) is 3.02. The number of rotatable bonds is 8. The number of nitrogens with zero attached hydrogens (tertiary/aromatic N) is 2. The fraction of sp³-hybridized carbons (Fsp3) is 0.333. The number of para-hydroxylation sites is 1. The molecule has 0 spiro atoms. The van der Waals surface area contributed by atoms with Crippen molar-refractivity contribution < 1.29 is 9.90 Å². The van der Waals surface area contributed by atoms with Crippen molar-refractivity contribution in [1.29, 1.82) is 0 Å². The Morgan fingerprint density at radius 3 is 2.73 bits per heavy atom. The molecular weight excluding hydrogens is 352 g/mol. The minimum absolute atomic E-state index is 0.0656. The fourth-order valence-corrected chi connectivity index (χ4v) is 2.69. The van der Waals surface area contributed by atoms with E-state index >= 15 is 0 Å². The number of carbonyl (C=O) groups excluding carboxylic acids is 1. The Labute approximate surface area is 156 Å². The standard InChI is InChI=1S/C18H22N4O3S/c1-2-3-4-8-11-15(23)21-19-12-14-16(24)20-18(26)22(17(14)25)13-9-6-5-7-10-13/h5-7,9-10,12,25H,2-4,8,11H2,1H3,(H,21,23)(H,20,24,26)/b19-12+. The van der Waals surface area contributed by atoms with E-state index in [1.165, 1.54) is 4.57 Å². The first-order valence-electron chi connectivity index (χ1n) is 8.50. The maximum absolute atomic E-state index is 12.1. The van der Waals surface area contributed by atoms with Crippen molar-refractivity contribution in [2.75, 3.05) is 0 Å². The molecule has 0 unspecified atom stereocenters. The molecule has 0 saturated carbocycles. The normalized spacial score (nSPS) is 11.0. The summed E-state index contributed by atoms with van der Waals surface area (Å²) >= 11 is 5.13. The quantitative estimate of drug-likeness (QED) is 0.286. The highest BCUT2D eigenvalue weighted by Gasteiger charge is 2.12. The third-order valence-corrected chi connectivity index (χ3v) is 4.06. The number of H-pyrrole nitrogens is 1. The van der Waals surface area contributed by atoms with Crippen molar-refractivity contribution in [2.24, 2.45) is 5.10 Å². The molecule has 1 amide bonds. The van der Waals surface area contributed by atoms with E-state index in [-0.39, 0.29) is 22.1 Å². The summed E-state index contributed by atoms with van der Waals surface area (Å²) in [6, 6.07) is 8.89. The lowest BCUT2D eigenvalue weighted by atomic mass is 10.1. The van der Waals surface area contributed by atoms with Crippen molar-refractivity contribution in [3.63, 3.8) is 0 Å². The van der Waals surface area contributed by atoms with Crippen LogP contribution in [0.1, 0.15) is 44.6 Å². The molecule has 2 aromatic rings. The molecular formula is C18H22N4O3S. The van der Waals surface area contributed by atoms with Gasteiger partial charge >= 0.3 is 0 Å². The molecule has 0 aliphatic carbocycles. The second kappa shape index (κ2) is 9.67. The van der Waals surface area contributed by atoms with E-state index in [4.69, 9.17) is 12.2 Å². The van der Waals surface area contributed by atoms with Crippen LogP contribution in [0, 0.1) is 4.77 Å². The topological polar surface area (TPSA) is 99.5 Å². The third kappa shape index (κ3) is 5.13. The first-order valence-corrected chi connectivity index (χ1v) is 8.91. The molecule has 2 rings (SSSR count). The van der Waals surface area contributed by atoms with Crippen molar-refractivity contribution in [1.82, 2.24) is 15.0 Å². The monoisotopic (exact) mass is 374 g/mol. The van der Waals surface area contributed by atoms with Crippen LogP contribution in [0.2, 0.25) is 0 Å². The number of hydrogen-bond acceptors (Lipinski definition) is 5. The van der Waals surface area contributed by atoms with E-state index in [0.29, 0.717) is 12.1 Å². The number of benzene rings is 1. The molecule has 0 atom stereocenters. The Morgan fingerprint density at radius 2 is 2.04 bits per heavy atom. The Kier molecular flexibility index (Phi) is 7.28. The second-order valence-electron chi connectivity index (χ2n) is 5.77. The van der Waals surface area contributed by atoms with Crippen LogP contribution < -0.4 is 11.0 Å². The highest BCUT2D eigenvalue weighted by Crippen LogP contribution is 2.18. The Morgan fingerprint density at radius 1 is 1.31 bits per heavy atom. The van der Waals surface area contributed by atoms with Crippen LogP contribution in [0.5, 0.6) is 5.88 Å². The number of aromatic hydroxyl groups is 1. The fourth-order valence-electron chi connectivity index (χ4n) is 2.41. The van der Waals surface area contributed by atoms with E-state index in [1.54, 1.807) is 24.3 Å². The van der Waals surface area contributed by atoms with Gasteiger partial charge in [0, 0.05) is 6.42 Å². The van der Waals surface area contributed by atoms with Crippen molar-refractivity contribution >= 4 is 24.3 Å². The maximum atomic E-state index is 12.1. The van der Waals surface area contributed by atoms with Gasteiger partial charge in [-0.15, -0.1) is 0 Å². The first-order chi connectivity index (χ1) is 12.5. The van der Waals surface area contributed by atoms with Gasteiger partial charge in [0.2, 0.25) is 11.8 Å². The molecule has 8 heteroatoms. The van der Waals surface area contributed by atoms with Crippen molar-refractivity contribution in [3.8, 4) is 11.6 Å². The summed E-state index contributed by atoms with van der Waals surface area (Å²) in [4.78, 5) is 26.3. The lowest BCUT2D eigenvalue weighted by molar-refractivity contribution is -0.121. The molecule has 1 aromatic carbocycles. The molecule has 3 N–H and O–H groups in total. The molecule has 0 saturated heterocycles. The van der Waals surface area contributed by atoms with Gasteiger partial charge in [0.05, 0.1) is 11.9 Å². The van der Waals surface area contributed by atoms with Crippen LogP contribution >= 0.6 is 12.2 Å². The van der Waals surface area contributed by atoms with E-state index in [2.05, 4.69) is 22.4 Å². The molecule has 26 heavy (non-hydrogen) atoms.